The summed E-state index contributed by atoms with van der Waals surface area (Å²) in [6.07, 6.45) is 12.6. The van der Waals surface area contributed by atoms with Gasteiger partial charge in [-0.3, -0.25) is 0 Å². The van der Waals surface area contributed by atoms with Gasteiger partial charge in [-0.25, -0.2) is 0 Å². The van der Waals surface area contributed by atoms with E-state index in [1.807, 2.05) is 0 Å². The number of hydrogen-bond acceptors (Lipinski definition) is 6. The fourth-order valence-electron chi connectivity index (χ4n) is 2.16. The molecule has 6 N–H and O–H groups in total. The number of thiocarbonyl (C=S) groups is 3. The number of hydrogen-bond donors (Lipinski definition) is 3. The summed E-state index contributed by atoms with van der Waals surface area (Å²) in [5.74, 6) is 0. The number of aryl methyl sites for hydroxylation is 1. The molecule has 0 saturated heterocycles. The van der Waals surface area contributed by atoms with Crippen molar-refractivity contribution in [2.24, 2.45) is 17.2 Å². The number of nitrogens with two attached hydrogens (primary N) is 3. The molecule has 0 unspecified atom stereocenters. The van der Waals surface area contributed by atoms with Crippen molar-refractivity contribution in [3.63, 3.8) is 0 Å². The summed E-state index contributed by atoms with van der Waals surface area (Å²) in [6, 6.07) is 8.80. The molecule has 0 heterocycles. The summed E-state index contributed by atoms with van der Waals surface area (Å²) in [6.45, 7) is 2.28. The fourth-order valence-corrected chi connectivity index (χ4v) is 2.77. The maximum absolute atomic E-state index is 4.66. The van der Waals surface area contributed by atoms with Crippen LogP contribution in [0.4, 0.5) is 0 Å². The zero-order valence-corrected chi connectivity index (χ0v) is 23.7. The Hall–Kier alpha value is 0.238. The van der Waals surface area contributed by atoms with Gasteiger partial charge in [-0.05, 0) is 0 Å². The predicted octanol–water partition coefficient (Wildman–Crippen LogP) is 3.87. The average Bonchev–Trinajstić information content (AvgIpc) is 2.57. The van der Waals surface area contributed by atoms with Crippen molar-refractivity contribution in [2.75, 3.05) is 0 Å². The van der Waals surface area contributed by atoms with Gasteiger partial charge in [-0.15, -0.1) is 0 Å². The van der Waals surface area contributed by atoms with Gasteiger partial charge in [0, 0.05) is 0 Å². The summed E-state index contributed by atoms with van der Waals surface area (Å²) >= 11 is 26.9. The number of unbranched alkanes of at least 4 members (excludes halogenated alkanes) is 7. The molecule has 164 valence electrons. The van der Waals surface area contributed by atoms with Crippen LogP contribution < -0.4 is 21.2 Å². The first-order valence-electron chi connectivity index (χ1n) is 9.18. The summed E-state index contributed by atoms with van der Waals surface area (Å²) < 4.78 is 1.71. The van der Waals surface area contributed by atoms with Crippen LogP contribution in [-0.4, -0.2) is 13.0 Å². The summed E-state index contributed by atoms with van der Waals surface area (Å²) in [5, 5.41) is 0. The minimum Gasteiger partial charge on any atom is -0.415 e. The monoisotopic (exact) mass is 591 g/mol. The molecule has 0 fully saturated rings. The molecule has 0 radical (unpaired) electrons. The molecule has 0 amide bonds. The molecule has 0 bridgehead atoms. The van der Waals surface area contributed by atoms with E-state index in [1.54, 1.807) is 5.56 Å². The van der Waals surface area contributed by atoms with Gasteiger partial charge in [0.05, 0.1) is 0 Å². The van der Waals surface area contributed by atoms with Crippen LogP contribution in [0.1, 0.15) is 63.9 Å². The predicted molar refractivity (Wildman–Crippen MR) is 145 cm³/mol. The molecule has 0 aliphatic rings. The molecule has 29 heavy (non-hydrogen) atoms. The molecule has 1 aromatic rings. The van der Waals surface area contributed by atoms with Gasteiger partial charge >= 0.3 is 118 Å². The summed E-state index contributed by atoms with van der Waals surface area (Å²) in [7, 11) is 0. The van der Waals surface area contributed by atoms with Gasteiger partial charge in [-0.2, -0.15) is 0 Å². The van der Waals surface area contributed by atoms with E-state index in [-0.39, 0.29) is 13.0 Å². The second-order valence-electron chi connectivity index (χ2n) is 5.79. The molecule has 0 spiro atoms. The molecule has 0 saturated carbocycles. The quantitative estimate of drug-likeness (QED) is 0.172. The Bertz CT molecular complexity index is 518. The van der Waals surface area contributed by atoms with E-state index in [9.17, 15) is 0 Å². The maximum atomic E-state index is 4.66. The normalized spacial score (nSPS) is 8.69. The summed E-state index contributed by atoms with van der Waals surface area (Å²) in [4.78, 5) is 0. The van der Waals surface area contributed by atoms with Crippen molar-refractivity contribution >= 4 is 91.5 Å². The first-order valence-corrected chi connectivity index (χ1v) is 12.6. The molecular formula is C19H31MoN3S6. The van der Waals surface area contributed by atoms with E-state index in [2.05, 4.69) is 143 Å². The maximum Gasteiger partial charge on any atom is -0.0708 e. The molecule has 0 aliphatic heterocycles. The minimum atomic E-state index is 0.0833. The molecule has 1 rings (SSSR count). The van der Waals surface area contributed by atoms with Crippen molar-refractivity contribution in [2.45, 2.75) is 64.7 Å². The first kappa shape index (κ1) is 33.9. The Labute approximate surface area is 221 Å². The zero-order chi connectivity index (χ0) is 23.1. The van der Waals surface area contributed by atoms with E-state index in [0.717, 1.165) is 0 Å². The largest absolute Gasteiger partial charge is 0.415 e. The van der Waals surface area contributed by atoms with Gasteiger partial charge < -0.3 is 91.7 Å². The topological polar surface area (TPSA) is 78.1 Å². The Kier molecular flexibility index (Phi) is 30.7. The third-order valence-corrected chi connectivity index (χ3v) is 4.25. The van der Waals surface area contributed by atoms with Crippen molar-refractivity contribution in [1.29, 1.82) is 0 Å². The SMILES string of the molecule is CCCCCCCCCCc1cccc[c]1[Mo+3].NC(=S)[S-].NC(=S)[S-].NC(=S)[S-]. The molecule has 0 atom stereocenters. The third kappa shape index (κ3) is 43.1. The Morgan fingerprint density at radius 2 is 1.10 bits per heavy atom. The molecule has 0 aliphatic carbocycles. The van der Waals surface area contributed by atoms with Crippen LogP contribution in [-0.2, 0) is 64.1 Å². The number of rotatable bonds is 9. The zero-order valence-electron chi connectivity index (χ0n) is 16.8. The van der Waals surface area contributed by atoms with E-state index >= 15 is 0 Å². The van der Waals surface area contributed by atoms with Crippen LogP contribution in [0.3, 0.4) is 0 Å². The van der Waals surface area contributed by atoms with Crippen molar-refractivity contribution < 1.29 is 19.8 Å². The second kappa shape index (κ2) is 26.3. The average molecular weight is 590 g/mol. The van der Waals surface area contributed by atoms with E-state index < -0.39 is 0 Å². The van der Waals surface area contributed by atoms with Crippen LogP contribution in [0.5, 0.6) is 0 Å². The van der Waals surface area contributed by atoms with Gasteiger partial charge in [-0.1, -0.05) is 13.0 Å². The minimum absolute atomic E-state index is 0.0833. The molecule has 10 heteroatoms. The Morgan fingerprint density at radius 3 is 1.48 bits per heavy atom. The van der Waals surface area contributed by atoms with Crippen molar-refractivity contribution in [1.82, 2.24) is 0 Å². The van der Waals surface area contributed by atoms with Crippen molar-refractivity contribution in [3.05, 3.63) is 29.8 Å². The molecule has 1 aromatic carbocycles. The van der Waals surface area contributed by atoms with Gasteiger partial charge in [0.2, 0.25) is 0 Å². The summed E-state index contributed by atoms with van der Waals surface area (Å²) in [5.41, 5.74) is 15.5. The molecule has 0 aromatic heterocycles. The van der Waals surface area contributed by atoms with Gasteiger partial charge in [0.25, 0.3) is 0 Å². The van der Waals surface area contributed by atoms with E-state index in [1.165, 1.54) is 61.7 Å². The van der Waals surface area contributed by atoms with Crippen LogP contribution >= 0.6 is 36.7 Å². The van der Waals surface area contributed by atoms with E-state index in [0.29, 0.717) is 0 Å². The fraction of sp³-hybridized carbons (Fsp3) is 0.526. The Morgan fingerprint density at radius 1 is 0.759 bits per heavy atom. The molecule has 3 nitrogen and oxygen atoms in total. The first-order chi connectivity index (χ1) is 13.5. The van der Waals surface area contributed by atoms with Crippen LogP contribution in [0.25, 0.3) is 0 Å². The third-order valence-electron chi connectivity index (χ3n) is 3.27. The Balaban J connectivity index is -0.000000462. The standard InChI is InChI=1S/C16H25.3CH3NS2.Mo/c1-2-3-4-5-6-7-8-10-13-16-14-11-9-12-15-16;3*2-1(3)4;/h9,11-12,14H,2-8,10,13H2,1H3;3*(H3,2,3,4);/q;;;;+3/p-3. The van der Waals surface area contributed by atoms with Gasteiger partial charge in [0.1, 0.15) is 0 Å². The smallest absolute Gasteiger partial charge is 0.0708 e. The van der Waals surface area contributed by atoms with E-state index in [4.69, 9.17) is 0 Å². The van der Waals surface area contributed by atoms with Gasteiger partial charge in [0.15, 0.2) is 0 Å². The van der Waals surface area contributed by atoms with Crippen LogP contribution in [0, 0.1) is 0 Å². The number of benzene rings is 1. The van der Waals surface area contributed by atoms with Crippen LogP contribution in [0.2, 0.25) is 0 Å². The van der Waals surface area contributed by atoms with Crippen molar-refractivity contribution in [3.8, 4) is 0 Å². The second-order valence-corrected chi connectivity index (χ2v) is 10.3. The van der Waals surface area contributed by atoms with Crippen LogP contribution in [0.15, 0.2) is 24.3 Å². The molecular weight excluding hydrogens is 559 g/mol.